The highest BCUT2D eigenvalue weighted by Gasteiger charge is 2.19. The second-order valence-corrected chi connectivity index (χ2v) is 8.55. The van der Waals surface area contributed by atoms with Crippen molar-refractivity contribution in [1.29, 1.82) is 0 Å². The summed E-state index contributed by atoms with van der Waals surface area (Å²) in [5, 5.41) is 26.9. The Morgan fingerprint density at radius 1 is 1.18 bits per heavy atom. The molecule has 2 aromatic heterocycles. The number of carbonyl (C=O) groups excluding carboxylic acids is 1. The maximum absolute atomic E-state index is 12.7. The largest absolute Gasteiger partial charge is 0.393 e. The number of ether oxygens (including phenoxy) is 1. The Bertz CT molecular complexity index is 1270. The molecule has 0 radical (unpaired) electrons. The second-order valence-electron chi connectivity index (χ2n) is 8.55. The number of benzene rings is 2. The van der Waals surface area contributed by atoms with E-state index in [1.54, 1.807) is 4.68 Å². The maximum Gasteiger partial charge on any atom is 0.254 e. The smallest absolute Gasteiger partial charge is 0.254 e. The van der Waals surface area contributed by atoms with Gasteiger partial charge >= 0.3 is 0 Å². The van der Waals surface area contributed by atoms with E-state index < -0.39 is 0 Å². The fourth-order valence-corrected chi connectivity index (χ4v) is 4.16. The number of morpholine rings is 1. The van der Waals surface area contributed by atoms with Crippen LogP contribution in [-0.4, -0.2) is 73.5 Å². The second kappa shape index (κ2) is 9.74. The van der Waals surface area contributed by atoms with Gasteiger partial charge in [-0.25, -0.2) is 4.68 Å². The summed E-state index contributed by atoms with van der Waals surface area (Å²) < 4.78 is 7.00. The number of aryl methyl sites for hydroxylation is 1. The van der Waals surface area contributed by atoms with Crippen LogP contribution in [0.1, 0.15) is 35.7 Å². The monoisotopic (exact) mass is 460 g/mol. The molecule has 4 aromatic rings. The van der Waals surface area contributed by atoms with Crippen LogP contribution in [0.2, 0.25) is 0 Å². The number of amides is 1. The summed E-state index contributed by atoms with van der Waals surface area (Å²) in [5.74, 6) is 0.0145. The van der Waals surface area contributed by atoms with E-state index in [1.807, 2.05) is 48.4 Å². The Morgan fingerprint density at radius 3 is 2.74 bits per heavy atom. The molecule has 1 fully saturated rings. The van der Waals surface area contributed by atoms with E-state index in [9.17, 15) is 9.90 Å². The van der Waals surface area contributed by atoms with Crippen molar-refractivity contribution >= 4 is 16.8 Å². The van der Waals surface area contributed by atoms with Crippen LogP contribution in [0.25, 0.3) is 28.0 Å². The van der Waals surface area contributed by atoms with E-state index in [0.717, 1.165) is 47.1 Å². The predicted octanol–water partition coefficient (Wildman–Crippen LogP) is 2.99. The van der Waals surface area contributed by atoms with Crippen LogP contribution in [0.5, 0.6) is 0 Å². The quantitative estimate of drug-likeness (QED) is 0.439. The molecule has 2 aromatic carbocycles. The van der Waals surface area contributed by atoms with Crippen LogP contribution >= 0.6 is 0 Å². The molecule has 9 heteroatoms. The van der Waals surface area contributed by atoms with Crippen molar-refractivity contribution in [3.63, 3.8) is 0 Å². The molecule has 2 N–H and O–H groups in total. The van der Waals surface area contributed by atoms with Gasteiger partial charge in [-0.05, 0) is 55.2 Å². The number of nitrogens with zero attached hydrogens (tertiary/aromatic N) is 5. The third-order valence-corrected chi connectivity index (χ3v) is 6.28. The number of aliphatic hydroxyl groups excluding tert-OH is 1. The summed E-state index contributed by atoms with van der Waals surface area (Å²) in [6, 6.07) is 13.5. The lowest BCUT2D eigenvalue weighted by molar-refractivity contribution is 0.0303. The first-order chi connectivity index (χ1) is 16.6. The summed E-state index contributed by atoms with van der Waals surface area (Å²) in [4.78, 5) is 14.5. The van der Waals surface area contributed by atoms with Crippen molar-refractivity contribution in [1.82, 2.24) is 30.1 Å². The number of rotatable bonds is 7. The fourth-order valence-electron chi connectivity index (χ4n) is 4.16. The molecule has 176 valence electrons. The zero-order valence-corrected chi connectivity index (χ0v) is 19.1. The summed E-state index contributed by atoms with van der Waals surface area (Å²) in [6.45, 7) is 4.38. The topological polar surface area (TPSA) is 109 Å². The van der Waals surface area contributed by atoms with Crippen LogP contribution in [0.4, 0.5) is 0 Å². The number of nitrogens with one attached hydrogen (secondary N) is 1. The molecule has 1 aliphatic heterocycles. The number of fused-ring (bicyclic) bond motifs is 1. The Balaban J connectivity index is 1.32. The molecule has 1 amide bonds. The van der Waals surface area contributed by atoms with Gasteiger partial charge in [0.25, 0.3) is 5.91 Å². The van der Waals surface area contributed by atoms with Gasteiger partial charge in [0.2, 0.25) is 0 Å². The third kappa shape index (κ3) is 4.57. The molecule has 34 heavy (non-hydrogen) atoms. The zero-order valence-electron chi connectivity index (χ0n) is 19.1. The average Bonchev–Trinajstić information content (AvgIpc) is 3.54. The number of hydrogen-bond donors (Lipinski definition) is 2. The maximum atomic E-state index is 12.7. The van der Waals surface area contributed by atoms with Gasteiger partial charge in [0.1, 0.15) is 11.4 Å². The standard InChI is InChI=1S/C25H28N6O3/c1-2-20(32)9-3-17-4-10-21-22(15-17)26-28-24(21)23-16-31(29-27-23)19-7-5-18(6-8-19)25(33)30-11-13-34-14-12-30/h4-8,10,15-16,20,32H,2-3,9,11-14H2,1H3,(H,26,28). The SMILES string of the molecule is CCC(O)CCc1ccc2c(-c3cn(-c4ccc(C(=O)N5CCOCC5)cc4)nn3)n[nH]c2c1. The minimum atomic E-state index is -0.269. The van der Waals surface area contributed by atoms with E-state index in [4.69, 9.17) is 4.74 Å². The van der Waals surface area contributed by atoms with Crippen molar-refractivity contribution in [3.8, 4) is 17.1 Å². The van der Waals surface area contributed by atoms with Crippen molar-refractivity contribution in [2.45, 2.75) is 32.3 Å². The normalized spacial score (nSPS) is 15.1. The zero-order chi connectivity index (χ0) is 23.5. The summed E-state index contributed by atoms with van der Waals surface area (Å²) in [5.41, 5.74) is 4.94. The van der Waals surface area contributed by atoms with Crippen molar-refractivity contribution in [3.05, 3.63) is 59.8 Å². The lowest BCUT2D eigenvalue weighted by Gasteiger charge is -2.26. The van der Waals surface area contributed by atoms with E-state index >= 15 is 0 Å². The highest BCUT2D eigenvalue weighted by molar-refractivity contribution is 5.94. The van der Waals surface area contributed by atoms with Gasteiger partial charge in [-0.2, -0.15) is 5.10 Å². The van der Waals surface area contributed by atoms with Gasteiger partial charge in [-0.15, -0.1) is 5.10 Å². The number of aliphatic hydroxyl groups is 1. The molecule has 0 saturated carbocycles. The van der Waals surface area contributed by atoms with Crippen LogP contribution in [-0.2, 0) is 11.2 Å². The highest BCUT2D eigenvalue weighted by atomic mass is 16.5. The molecule has 3 heterocycles. The van der Waals surface area contributed by atoms with Crippen molar-refractivity contribution in [2.24, 2.45) is 0 Å². The van der Waals surface area contributed by atoms with Crippen molar-refractivity contribution in [2.75, 3.05) is 26.3 Å². The van der Waals surface area contributed by atoms with Crippen LogP contribution in [0.15, 0.2) is 48.7 Å². The summed E-state index contributed by atoms with van der Waals surface area (Å²) in [7, 11) is 0. The number of aromatic amines is 1. The van der Waals surface area contributed by atoms with Gasteiger partial charge in [-0.3, -0.25) is 9.89 Å². The number of carbonyl (C=O) groups is 1. The van der Waals surface area contributed by atoms with Crippen LogP contribution in [0.3, 0.4) is 0 Å². The molecule has 0 aliphatic carbocycles. The predicted molar refractivity (Wildman–Crippen MR) is 128 cm³/mol. The molecular weight excluding hydrogens is 432 g/mol. The minimum Gasteiger partial charge on any atom is -0.393 e. The van der Waals surface area contributed by atoms with Crippen molar-refractivity contribution < 1.29 is 14.6 Å². The van der Waals surface area contributed by atoms with Crippen LogP contribution in [0, 0.1) is 0 Å². The molecular formula is C25H28N6O3. The third-order valence-electron chi connectivity index (χ3n) is 6.28. The molecule has 0 bridgehead atoms. The highest BCUT2D eigenvalue weighted by Crippen LogP contribution is 2.26. The van der Waals surface area contributed by atoms with Gasteiger partial charge in [0.15, 0.2) is 0 Å². The van der Waals surface area contributed by atoms with Gasteiger partial charge < -0.3 is 14.7 Å². The fraction of sp³-hybridized carbons (Fsp3) is 0.360. The summed E-state index contributed by atoms with van der Waals surface area (Å²) >= 11 is 0. The van der Waals surface area contributed by atoms with E-state index in [-0.39, 0.29) is 12.0 Å². The molecule has 1 unspecified atom stereocenters. The molecule has 0 spiro atoms. The Labute approximate surface area is 197 Å². The molecule has 9 nitrogen and oxygen atoms in total. The summed E-state index contributed by atoms with van der Waals surface area (Å²) in [6.07, 6.45) is 3.89. The number of hydrogen-bond acceptors (Lipinski definition) is 6. The van der Waals surface area contributed by atoms with Gasteiger partial charge in [-0.1, -0.05) is 24.3 Å². The minimum absolute atomic E-state index is 0.0145. The molecule has 5 rings (SSSR count). The first kappa shape index (κ1) is 22.2. The van der Waals surface area contributed by atoms with Crippen LogP contribution < -0.4 is 0 Å². The lowest BCUT2D eigenvalue weighted by Crippen LogP contribution is -2.40. The van der Waals surface area contributed by atoms with E-state index in [1.165, 1.54) is 0 Å². The van der Waals surface area contributed by atoms with Gasteiger partial charge in [0.05, 0.1) is 36.7 Å². The number of H-pyrrole nitrogens is 1. The Morgan fingerprint density at radius 2 is 1.97 bits per heavy atom. The average molecular weight is 461 g/mol. The van der Waals surface area contributed by atoms with E-state index in [2.05, 4.69) is 32.6 Å². The lowest BCUT2D eigenvalue weighted by atomic mass is 10.0. The number of aromatic nitrogens is 5. The molecule has 1 aliphatic rings. The van der Waals surface area contributed by atoms with E-state index in [0.29, 0.717) is 37.6 Å². The Hall–Kier alpha value is -3.56. The molecule has 1 saturated heterocycles. The van der Waals surface area contributed by atoms with Gasteiger partial charge in [0, 0.05) is 24.0 Å². The molecule has 1 atom stereocenters. The Kier molecular flexibility index (Phi) is 6.37. The first-order valence-corrected chi connectivity index (χ1v) is 11.7. The first-order valence-electron chi connectivity index (χ1n) is 11.7.